The van der Waals surface area contributed by atoms with Gasteiger partial charge in [0.25, 0.3) is 0 Å². The number of hydrogen-bond donors (Lipinski definition) is 3. The molecule has 0 radical (unpaired) electrons. The summed E-state index contributed by atoms with van der Waals surface area (Å²) in [6.45, 7) is 23.6. The van der Waals surface area contributed by atoms with Gasteiger partial charge in [-0.2, -0.15) is 0 Å². The molecule has 2 aliphatic rings. The van der Waals surface area contributed by atoms with Crippen molar-refractivity contribution in [1.82, 2.24) is 15.5 Å². The Morgan fingerprint density at radius 1 is 1.28 bits per heavy atom. The predicted molar refractivity (Wildman–Crippen MR) is 102 cm³/mol. The van der Waals surface area contributed by atoms with Crippen molar-refractivity contribution in [2.45, 2.75) is 64.6 Å². The van der Waals surface area contributed by atoms with Gasteiger partial charge in [0.05, 0.1) is 11.6 Å². The molecule has 0 aromatic rings. The molecular formula is C20H33N3O2. The van der Waals surface area contributed by atoms with Crippen LogP contribution in [0.25, 0.3) is 0 Å². The number of carboxylic acids is 1. The fraction of sp³-hybridized carbons (Fsp3) is 0.650. The van der Waals surface area contributed by atoms with E-state index in [1.807, 2.05) is 13.8 Å². The van der Waals surface area contributed by atoms with Gasteiger partial charge in [-0.05, 0) is 45.4 Å². The lowest BCUT2D eigenvalue weighted by Gasteiger charge is -2.40. The standard InChI is InChI=1S/C20H33N3O2/c1-12(2)21-19(7,8)16(6)23-11-13(3)9-17(23)15(5)22-20(18(24)25)10-14(20)4/h13-14,17,21-22H,1,5-6,9-11H2,2-4,7-8H3,(H,24,25). The Bertz CT molecular complexity index is 610. The van der Waals surface area contributed by atoms with Crippen molar-refractivity contribution in [2.24, 2.45) is 11.8 Å². The lowest BCUT2D eigenvalue weighted by molar-refractivity contribution is -0.140. The third-order valence-corrected chi connectivity index (χ3v) is 5.58. The highest BCUT2D eigenvalue weighted by atomic mass is 16.4. The van der Waals surface area contributed by atoms with Gasteiger partial charge in [-0.25, -0.2) is 4.79 Å². The van der Waals surface area contributed by atoms with Crippen LogP contribution in [0.4, 0.5) is 0 Å². The molecule has 0 amide bonds. The Balaban J connectivity index is 2.16. The number of rotatable bonds is 8. The van der Waals surface area contributed by atoms with Crippen LogP contribution in [0.1, 0.15) is 47.5 Å². The number of carbonyl (C=O) groups is 1. The van der Waals surface area contributed by atoms with E-state index in [1.165, 1.54) is 0 Å². The van der Waals surface area contributed by atoms with Crippen molar-refractivity contribution < 1.29 is 9.90 Å². The van der Waals surface area contributed by atoms with Gasteiger partial charge in [0.15, 0.2) is 0 Å². The van der Waals surface area contributed by atoms with Crippen molar-refractivity contribution in [3.8, 4) is 0 Å². The first-order valence-corrected chi connectivity index (χ1v) is 9.01. The number of nitrogens with one attached hydrogen (secondary N) is 2. The Morgan fingerprint density at radius 2 is 1.84 bits per heavy atom. The second-order valence-electron chi connectivity index (χ2n) is 8.52. The Kier molecular flexibility index (Phi) is 4.99. The third kappa shape index (κ3) is 3.70. The van der Waals surface area contributed by atoms with Crippen LogP contribution in [0, 0.1) is 11.8 Å². The summed E-state index contributed by atoms with van der Waals surface area (Å²) < 4.78 is 0. The van der Waals surface area contributed by atoms with Gasteiger partial charge >= 0.3 is 5.97 Å². The van der Waals surface area contributed by atoms with Crippen LogP contribution in [0.3, 0.4) is 0 Å². The number of allylic oxidation sites excluding steroid dienone is 1. The maximum absolute atomic E-state index is 11.7. The Hall–Kier alpha value is -1.91. The Morgan fingerprint density at radius 3 is 2.28 bits per heavy atom. The van der Waals surface area contributed by atoms with Gasteiger partial charge in [-0.1, -0.05) is 33.6 Å². The summed E-state index contributed by atoms with van der Waals surface area (Å²) in [5, 5.41) is 16.2. The molecule has 0 bridgehead atoms. The molecule has 2 rings (SSSR count). The van der Waals surface area contributed by atoms with Gasteiger partial charge in [-0.3, -0.25) is 0 Å². The molecule has 4 atom stereocenters. The summed E-state index contributed by atoms with van der Waals surface area (Å²) in [7, 11) is 0. The summed E-state index contributed by atoms with van der Waals surface area (Å²) in [4.78, 5) is 13.9. The first-order chi connectivity index (χ1) is 11.4. The van der Waals surface area contributed by atoms with Gasteiger partial charge < -0.3 is 20.6 Å². The van der Waals surface area contributed by atoms with Crippen molar-refractivity contribution >= 4 is 5.97 Å². The van der Waals surface area contributed by atoms with E-state index in [1.54, 1.807) is 0 Å². The van der Waals surface area contributed by atoms with Gasteiger partial charge in [0.1, 0.15) is 5.54 Å². The van der Waals surface area contributed by atoms with Crippen molar-refractivity contribution in [2.75, 3.05) is 6.54 Å². The molecule has 5 heteroatoms. The fourth-order valence-corrected chi connectivity index (χ4v) is 3.96. The van der Waals surface area contributed by atoms with E-state index in [0.29, 0.717) is 12.3 Å². The summed E-state index contributed by atoms with van der Waals surface area (Å²) in [5.41, 5.74) is 1.47. The highest BCUT2D eigenvalue weighted by molar-refractivity contribution is 5.83. The molecule has 5 nitrogen and oxygen atoms in total. The van der Waals surface area contributed by atoms with Crippen LogP contribution in [0.2, 0.25) is 0 Å². The average Bonchev–Trinajstić information content (AvgIpc) is 2.94. The van der Waals surface area contributed by atoms with Crippen LogP contribution in [0.5, 0.6) is 0 Å². The minimum Gasteiger partial charge on any atom is -0.479 e. The second-order valence-corrected chi connectivity index (χ2v) is 8.52. The van der Waals surface area contributed by atoms with Crippen LogP contribution >= 0.6 is 0 Å². The normalized spacial score (nSPS) is 31.4. The molecule has 1 aliphatic heterocycles. The van der Waals surface area contributed by atoms with Gasteiger partial charge in [0.2, 0.25) is 0 Å². The van der Waals surface area contributed by atoms with Crippen LogP contribution in [-0.4, -0.2) is 39.6 Å². The summed E-state index contributed by atoms with van der Waals surface area (Å²) in [6, 6.07) is 0.0534. The first-order valence-electron chi connectivity index (χ1n) is 9.01. The maximum Gasteiger partial charge on any atom is 0.329 e. The largest absolute Gasteiger partial charge is 0.479 e. The predicted octanol–water partition coefficient (Wildman–Crippen LogP) is 3.08. The van der Waals surface area contributed by atoms with E-state index in [0.717, 1.165) is 30.1 Å². The molecule has 0 aromatic carbocycles. The van der Waals surface area contributed by atoms with E-state index < -0.39 is 11.5 Å². The monoisotopic (exact) mass is 347 g/mol. The molecule has 0 spiro atoms. The second kappa shape index (κ2) is 6.43. The molecule has 25 heavy (non-hydrogen) atoms. The van der Waals surface area contributed by atoms with Crippen LogP contribution in [0.15, 0.2) is 36.8 Å². The first kappa shape index (κ1) is 19.4. The molecular weight excluding hydrogens is 314 g/mol. The topological polar surface area (TPSA) is 64.6 Å². The van der Waals surface area contributed by atoms with E-state index in [-0.39, 0.29) is 17.5 Å². The molecule has 140 valence electrons. The smallest absolute Gasteiger partial charge is 0.329 e. The number of aliphatic carboxylic acids is 1. The van der Waals surface area contributed by atoms with E-state index >= 15 is 0 Å². The molecule has 1 saturated heterocycles. The van der Waals surface area contributed by atoms with E-state index in [2.05, 4.69) is 56.0 Å². The zero-order valence-corrected chi connectivity index (χ0v) is 16.3. The summed E-state index contributed by atoms with van der Waals surface area (Å²) >= 11 is 0. The lowest BCUT2D eigenvalue weighted by atomic mass is 9.98. The molecule has 1 aliphatic carbocycles. The number of nitrogens with zero attached hydrogens (tertiary/aromatic N) is 1. The van der Waals surface area contributed by atoms with Gasteiger partial charge in [-0.15, -0.1) is 0 Å². The number of likely N-dealkylation sites (tertiary alicyclic amines) is 1. The van der Waals surface area contributed by atoms with Crippen LogP contribution < -0.4 is 10.6 Å². The molecule has 3 N–H and O–H groups in total. The zero-order chi connectivity index (χ0) is 19.2. The number of hydrogen-bond acceptors (Lipinski definition) is 4. The number of carboxylic acid groups (broad SMARTS) is 1. The quantitative estimate of drug-likeness (QED) is 0.630. The molecule has 1 saturated carbocycles. The van der Waals surface area contributed by atoms with E-state index in [9.17, 15) is 9.90 Å². The van der Waals surface area contributed by atoms with Crippen LogP contribution in [-0.2, 0) is 4.79 Å². The SMILES string of the molecule is C=C(C)NC(C)(C)C(=C)N1CC(C)CC1C(=C)NC1(C(=O)O)CC1C. The average molecular weight is 348 g/mol. The lowest BCUT2D eigenvalue weighted by Crippen LogP contribution is -2.50. The molecule has 0 aromatic heterocycles. The minimum absolute atomic E-state index is 0.0534. The minimum atomic E-state index is -0.846. The van der Waals surface area contributed by atoms with E-state index in [4.69, 9.17) is 0 Å². The van der Waals surface area contributed by atoms with Gasteiger partial charge in [0, 0.05) is 23.6 Å². The molecule has 4 unspecified atom stereocenters. The zero-order valence-electron chi connectivity index (χ0n) is 16.3. The summed E-state index contributed by atoms with van der Waals surface area (Å²) in [6.07, 6.45) is 1.59. The summed E-state index contributed by atoms with van der Waals surface area (Å²) in [5.74, 6) is -0.168. The fourth-order valence-electron chi connectivity index (χ4n) is 3.96. The highest BCUT2D eigenvalue weighted by Gasteiger charge is 2.59. The third-order valence-electron chi connectivity index (χ3n) is 5.58. The van der Waals surface area contributed by atoms with Crippen molar-refractivity contribution in [3.63, 3.8) is 0 Å². The Labute approximate surface area is 151 Å². The van der Waals surface area contributed by atoms with Crippen molar-refractivity contribution in [1.29, 1.82) is 0 Å². The maximum atomic E-state index is 11.7. The molecule has 2 fully saturated rings. The van der Waals surface area contributed by atoms with Crippen molar-refractivity contribution in [3.05, 3.63) is 36.8 Å². The highest BCUT2D eigenvalue weighted by Crippen LogP contribution is 2.45. The molecule has 1 heterocycles.